The highest BCUT2D eigenvalue weighted by molar-refractivity contribution is 5.79. The van der Waals surface area contributed by atoms with Gasteiger partial charge in [-0.25, -0.2) is 4.98 Å². The Hall–Kier alpha value is -1.20. The molecule has 0 aliphatic carbocycles. The van der Waals surface area contributed by atoms with Crippen molar-refractivity contribution in [3.8, 4) is 0 Å². The largest absolute Gasteiger partial charge is 0.338 e. The summed E-state index contributed by atoms with van der Waals surface area (Å²) in [4.78, 5) is 20.9. The summed E-state index contributed by atoms with van der Waals surface area (Å²) < 4.78 is 1.98. The summed E-state index contributed by atoms with van der Waals surface area (Å²) in [6.45, 7) is 3.13. The van der Waals surface area contributed by atoms with Crippen LogP contribution in [0.5, 0.6) is 0 Å². The van der Waals surface area contributed by atoms with Crippen LogP contribution in [0, 0.1) is 0 Å². The van der Waals surface area contributed by atoms with E-state index in [1.54, 1.807) is 6.20 Å². The van der Waals surface area contributed by atoms with Crippen LogP contribution in [0.2, 0.25) is 0 Å². The molecule has 1 aromatic rings. The molecule has 106 valence electrons. The van der Waals surface area contributed by atoms with Crippen LogP contribution in [-0.4, -0.2) is 64.9 Å². The summed E-state index contributed by atoms with van der Waals surface area (Å²) in [6, 6.07) is 0.368. The van der Waals surface area contributed by atoms with Crippen molar-refractivity contribution in [2.24, 2.45) is 7.05 Å². The number of Topliss-reactive ketones (excluding diaryl/α,β-unsaturated/α-hetero) is 1. The van der Waals surface area contributed by atoms with Crippen LogP contribution >= 0.6 is 0 Å². The zero-order valence-electron chi connectivity index (χ0n) is 12.2. The van der Waals surface area contributed by atoms with Gasteiger partial charge in [0.2, 0.25) is 0 Å². The minimum atomic E-state index is 0.343. The quantitative estimate of drug-likeness (QED) is 0.779. The topological polar surface area (TPSA) is 41.4 Å². The molecule has 0 spiro atoms. The molecule has 0 amide bonds. The predicted molar refractivity (Wildman–Crippen MR) is 75.1 cm³/mol. The third kappa shape index (κ3) is 3.88. The van der Waals surface area contributed by atoms with Crippen LogP contribution in [0.15, 0.2) is 12.4 Å². The number of hydrogen-bond donors (Lipinski definition) is 0. The zero-order valence-corrected chi connectivity index (χ0v) is 12.2. The van der Waals surface area contributed by atoms with Gasteiger partial charge in [-0.3, -0.25) is 4.79 Å². The Morgan fingerprint density at radius 2 is 2.16 bits per heavy atom. The Labute approximate surface area is 115 Å². The Balaban J connectivity index is 1.79. The second-order valence-electron chi connectivity index (χ2n) is 5.59. The number of nitrogens with zero attached hydrogens (tertiary/aromatic N) is 4. The van der Waals surface area contributed by atoms with Crippen LogP contribution in [0.4, 0.5) is 0 Å². The van der Waals surface area contributed by atoms with Crippen molar-refractivity contribution >= 4 is 5.78 Å². The highest BCUT2D eigenvalue weighted by atomic mass is 16.1. The first-order valence-corrected chi connectivity index (χ1v) is 6.93. The molecule has 0 bridgehead atoms. The lowest BCUT2D eigenvalue weighted by Gasteiger charge is -2.37. The molecule has 0 aromatic carbocycles. The molecule has 5 nitrogen and oxygen atoms in total. The fourth-order valence-electron chi connectivity index (χ4n) is 2.58. The molecule has 2 rings (SSSR count). The van der Waals surface area contributed by atoms with Crippen molar-refractivity contribution in [2.45, 2.75) is 25.3 Å². The van der Waals surface area contributed by atoms with Crippen LogP contribution in [0.3, 0.4) is 0 Å². The summed E-state index contributed by atoms with van der Waals surface area (Å²) in [6.07, 6.45) is 5.70. The molecule has 0 N–H and O–H groups in total. The van der Waals surface area contributed by atoms with Crippen LogP contribution < -0.4 is 0 Å². The van der Waals surface area contributed by atoms with E-state index in [1.807, 2.05) is 17.8 Å². The molecule has 1 unspecified atom stereocenters. The molecule has 1 fully saturated rings. The molecule has 2 heterocycles. The summed E-state index contributed by atoms with van der Waals surface area (Å²) in [5.74, 6) is 1.33. The number of carbonyl (C=O) groups excluding carboxylic acids is 1. The van der Waals surface area contributed by atoms with Gasteiger partial charge in [0.05, 0.1) is 0 Å². The molecule has 1 aliphatic rings. The van der Waals surface area contributed by atoms with Gasteiger partial charge in [-0.1, -0.05) is 0 Å². The minimum Gasteiger partial charge on any atom is -0.338 e. The van der Waals surface area contributed by atoms with E-state index in [2.05, 4.69) is 28.9 Å². The number of carbonyl (C=O) groups is 1. The fraction of sp³-hybridized carbons (Fsp3) is 0.714. The highest BCUT2D eigenvalue weighted by Gasteiger charge is 2.24. The van der Waals surface area contributed by atoms with Crippen molar-refractivity contribution in [2.75, 3.05) is 33.7 Å². The van der Waals surface area contributed by atoms with Crippen molar-refractivity contribution in [3.05, 3.63) is 18.2 Å². The zero-order chi connectivity index (χ0) is 13.8. The third-order valence-electron chi connectivity index (χ3n) is 3.99. The molecule has 0 saturated carbocycles. The minimum absolute atomic E-state index is 0.343. The lowest BCUT2D eigenvalue weighted by molar-refractivity contribution is -0.120. The first kappa shape index (κ1) is 14.2. The van der Waals surface area contributed by atoms with E-state index in [9.17, 15) is 4.79 Å². The van der Waals surface area contributed by atoms with E-state index in [4.69, 9.17) is 0 Å². The van der Waals surface area contributed by atoms with Gasteiger partial charge in [0.15, 0.2) is 0 Å². The third-order valence-corrected chi connectivity index (χ3v) is 3.99. The maximum atomic E-state index is 12.1. The standard InChI is InChI=1S/C14H24N4O/c1-16-8-9-17(2)12(11-16)10-13(19)4-5-14-15-6-7-18(14)3/h6-7,12H,4-5,8-11H2,1-3H3. The normalized spacial score (nSPS) is 21.7. The number of imidazole rings is 1. The second-order valence-corrected chi connectivity index (χ2v) is 5.59. The van der Waals surface area contributed by atoms with Crippen molar-refractivity contribution in [1.29, 1.82) is 0 Å². The van der Waals surface area contributed by atoms with Crippen LogP contribution in [-0.2, 0) is 18.3 Å². The van der Waals surface area contributed by atoms with Gasteiger partial charge < -0.3 is 14.4 Å². The average Bonchev–Trinajstić information content (AvgIpc) is 2.77. The summed E-state index contributed by atoms with van der Waals surface area (Å²) >= 11 is 0. The maximum Gasteiger partial charge on any atom is 0.134 e. The monoisotopic (exact) mass is 264 g/mol. The Morgan fingerprint density at radius 3 is 2.84 bits per heavy atom. The molecule has 1 aromatic heterocycles. The molecular formula is C14H24N4O. The first-order chi connectivity index (χ1) is 9.06. The number of likely N-dealkylation sites (N-methyl/N-ethyl adjacent to an activating group) is 2. The molecular weight excluding hydrogens is 240 g/mol. The molecule has 19 heavy (non-hydrogen) atoms. The molecule has 5 heteroatoms. The molecule has 0 radical (unpaired) electrons. The molecule has 1 aliphatic heterocycles. The predicted octanol–water partition coefficient (Wildman–Crippen LogP) is 0.558. The summed E-state index contributed by atoms with van der Waals surface area (Å²) in [5, 5.41) is 0. The van der Waals surface area contributed by atoms with E-state index in [1.165, 1.54) is 0 Å². The van der Waals surface area contributed by atoms with Crippen molar-refractivity contribution in [3.63, 3.8) is 0 Å². The number of hydrogen-bond acceptors (Lipinski definition) is 4. The van der Waals surface area contributed by atoms with E-state index >= 15 is 0 Å². The van der Waals surface area contributed by atoms with Gasteiger partial charge in [0, 0.05) is 64.4 Å². The van der Waals surface area contributed by atoms with Gasteiger partial charge in [-0.15, -0.1) is 0 Å². The first-order valence-electron chi connectivity index (χ1n) is 6.93. The lowest BCUT2D eigenvalue weighted by Crippen LogP contribution is -2.50. The average molecular weight is 264 g/mol. The van der Waals surface area contributed by atoms with Crippen LogP contribution in [0.1, 0.15) is 18.7 Å². The lowest BCUT2D eigenvalue weighted by atomic mass is 10.0. The molecule has 1 atom stereocenters. The van der Waals surface area contributed by atoms with Gasteiger partial charge >= 0.3 is 0 Å². The van der Waals surface area contributed by atoms with E-state index in [-0.39, 0.29) is 0 Å². The van der Waals surface area contributed by atoms with Gasteiger partial charge in [-0.05, 0) is 14.1 Å². The number of aromatic nitrogens is 2. The Morgan fingerprint density at radius 1 is 1.37 bits per heavy atom. The maximum absolute atomic E-state index is 12.1. The van der Waals surface area contributed by atoms with Gasteiger partial charge in [0.1, 0.15) is 11.6 Å². The highest BCUT2D eigenvalue weighted by Crippen LogP contribution is 2.12. The summed E-state index contributed by atoms with van der Waals surface area (Å²) in [5.41, 5.74) is 0. The number of piperazine rings is 1. The van der Waals surface area contributed by atoms with E-state index in [0.29, 0.717) is 24.7 Å². The number of rotatable bonds is 5. The smallest absolute Gasteiger partial charge is 0.134 e. The van der Waals surface area contributed by atoms with Crippen molar-refractivity contribution < 1.29 is 4.79 Å². The number of aryl methyl sites for hydroxylation is 2. The number of ketones is 1. The fourth-order valence-corrected chi connectivity index (χ4v) is 2.58. The van der Waals surface area contributed by atoms with E-state index in [0.717, 1.165) is 31.9 Å². The SMILES string of the molecule is CN1CCN(C)C(CC(=O)CCc2nccn2C)C1. The summed E-state index contributed by atoms with van der Waals surface area (Å²) in [7, 11) is 6.21. The van der Waals surface area contributed by atoms with Crippen LogP contribution in [0.25, 0.3) is 0 Å². The van der Waals surface area contributed by atoms with Crippen molar-refractivity contribution in [1.82, 2.24) is 19.4 Å². The molecule has 1 saturated heterocycles. The van der Waals surface area contributed by atoms with Gasteiger partial charge in [-0.2, -0.15) is 0 Å². The Bertz CT molecular complexity index is 429. The van der Waals surface area contributed by atoms with E-state index < -0.39 is 0 Å². The second kappa shape index (κ2) is 6.30. The van der Waals surface area contributed by atoms with Gasteiger partial charge in [0.25, 0.3) is 0 Å². The Kier molecular flexibility index (Phi) is 4.71.